The Balaban J connectivity index is 1.73. The minimum atomic E-state index is -0.468. The molecule has 1 aromatic carbocycles. The molecule has 0 saturated heterocycles. The standard InChI is InChI=1S/C18H21FN2O2S/c1-12-15(10-24-21-12)17(23)20-11-18(8-2-3-16(18)22)9-13-4-6-14(19)7-5-13/h4-7,10,16,22H,2-3,8-9,11H2,1H3,(H,20,23)/t16-,18+/m0/s1. The van der Waals surface area contributed by atoms with Crippen LogP contribution in [0.2, 0.25) is 0 Å². The largest absolute Gasteiger partial charge is 0.392 e. The first-order valence-corrected chi connectivity index (χ1v) is 8.95. The number of halogens is 1. The zero-order valence-corrected chi connectivity index (χ0v) is 14.4. The zero-order valence-electron chi connectivity index (χ0n) is 13.6. The second-order valence-electron chi connectivity index (χ2n) is 6.57. The van der Waals surface area contributed by atoms with Gasteiger partial charge in [0.2, 0.25) is 0 Å². The van der Waals surface area contributed by atoms with Crippen LogP contribution in [0.1, 0.15) is 40.9 Å². The monoisotopic (exact) mass is 348 g/mol. The Hall–Kier alpha value is -1.79. The zero-order chi connectivity index (χ0) is 17.2. The van der Waals surface area contributed by atoms with Gasteiger partial charge in [0, 0.05) is 17.3 Å². The minimum Gasteiger partial charge on any atom is -0.392 e. The second kappa shape index (κ2) is 6.99. The highest BCUT2D eigenvalue weighted by atomic mass is 32.1. The number of carbonyl (C=O) groups is 1. The molecule has 1 heterocycles. The van der Waals surface area contributed by atoms with Crippen LogP contribution in [0.15, 0.2) is 29.6 Å². The highest BCUT2D eigenvalue weighted by Crippen LogP contribution is 2.41. The number of rotatable bonds is 5. The Bertz CT molecular complexity index is 716. The Morgan fingerprint density at radius 1 is 1.46 bits per heavy atom. The third-order valence-electron chi connectivity index (χ3n) is 4.92. The van der Waals surface area contributed by atoms with E-state index in [2.05, 4.69) is 9.69 Å². The average molecular weight is 348 g/mol. The number of aromatic nitrogens is 1. The molecule has 0 unspecified atom stereocenters. The number of aliphatic hydroxyl groups excluding tert-OH is 1. The van der Waals surface area contributed by atoms with Crippen molar-refractivity contribution < 1.29 is 14.3 Å². The average Bonchev–Trinajstić information content (AvgIpc) is 3.14. The van der Waals surface area contributed by atoms with Crippen LogP contribution >= 0.6 is 11.5 Å². The van der Waals surface area contributed by atoms with E-state index < -0.39 is 11.5 Å². The van der Waals surface area contributed by atoms with Crippen molar-refractivity contribution in [3.63, 3.8) is 0 Å². The van der Waals surface area contributed by atoms with Gasteiger partial charge in [-0.15, -0.1) is 0 Å². The molecule has 1 aliphatic rings. The number of benzene rings is 1. The molecule has 1 aliphatic carbocycles. The summed E-state index contributed by atoms with van der Waals surface area (Å²) in [5.41, 5.74) is 1.88. The fourth-order valence-electron chi connectivity index (χ4n) is 3.47. The second-order valence-corrected chi connectivity index (χ2v) is 7.20. The van der Waals surface area contributed by atoms with Crippen molar-refractivity contribution >= 4 is 17.4 Å². The third kappa shape index (κ3) is 3.49. The number of amides is 1. The van der Waals surface area contributed by atoms with Gasteiger partial charge in [-0.2, -0.15) is 4.37 Å². The lowest BCUT2D eigenvalue weighted by Crippen LogP contribution is -2.44. The molecule has 2 atom stereocenters. The van der Waals surface area contributed by atoms with Crippen molar-refractivity contribution in [1.29, 1.82) is 0 Å². The lowest BCUT2D eigenvalue weighted by atomic mass is 9.78. The minimum absolute atomic E-state index is 0.154. The molecule has 1 aromatic heterocycles. The molecule has 2 aromatic rings. The van der Waals surface area contributed by atoms with Gasteiger partial charge in [-0.3, -0.25) is 4.79 Å². The van der Waals surface area contributed by atoms with Crippen molar-refractivity contribution in [2.45, 2.75) is 38.7 Å². The molecule has 0 spiro atoms. The van der Waals surface area contributed by atoms with Crippen LogP contribution in [-0.2, 0) is 6.42 Å². The van der Waals surface area contributed by atoms with Gasteiger partial charge in [0.25, 0.3) is 5.91 Å². The maximum absolute atomic E-state index is 13.1. The molecule has 1 fully saturated rings. The number of nitrogens with one attached hydrogen (secondary N) is 1. The van der Waals surface area contributed by atoms with Gasteiger partial charge in [0.05, 0.1) is 17.4 Å². The van der Waals surface area contributed by atoms with Crippen molar-refractivity contribution in [2.24, 2.45) is 5.41 Å². The van der Waals surface area contributed by atoms with Crippen LogP contribution in [-0.4, -0.2) is 28.0 Å². The van der Waals surface area contributed by atoms with E-state index in [1.807, 2.05) is 6.92 Å². The molecule has 6 heteroatoms. The van der Waals surface area contributed by atoms with Gasteiger partial charge in [-0.05, 0) is 55.4 Å². The summed E-state index contributed by atoms with van der Waals surface area (Å²) in [6, 6.07) is 6.36. The van der Waals surface area contributed by atoms with Gasteiger partial charge in [-0.25, -0.2) is 4.39 Å². The lowest BCUT2D eigenvalue weighted by Gasteiger charge is -2.33. The van der Waals surface area contributed by atoms with Crippen molar-refractivity contribution in [3.05, 3.63) is 52.3 Å². The summed E-state index contributed by atoms with van der Waals surface area (Å²) in [5, 5.41) is 15.2. The number of carbonyl (C=O) groups excluding carboxylic acids is 1. The molecule has 3 rings (SSSR count). The summed E-state index contributed by atoms with van der Waals surface area (Å²) < 4.78 is 17.2. The van der Waals surface area contributed by atoms with Gasteiger partial charge in [0.1, 0.15) is 5.82 Å². The van der Waals surface area contributed by atoms with Crippen molar-refractivity contribution in [1.82, 2.24) is 9.69 Å². The smallest absolute Gasteiger partial charge is 0.254 e. The van der Waals surface area contributed by atoms with Gasteiger partial charge >= 0.3 is 0 Å². The van der Waals surface area contributed by atoms with Crippen LogP contribution in [0.25, 0.3) is 0 Å². The molecule has 24 heavy (non-hydrogen) atoms. The summed E-state index contributed by atoms with van der Waals surface area (Å²) in [6.45, 7) is 2.21. The Labute approximate surface area is 144 Å². The molecule has 0 bridgehead atoms. The highest BCUT2D eigenvalue weighted by molar-refractivity contribution is 7.03. The number of hydrogen-bond donors (Lipinski definition) is 2. The highest BCUT2D eigenvalue weighted by Gasteiger charge is 2.42. The van der Waals surface area contributed by atoms with E-state index in [9.17, 15) is 14.3 Å². The third-order valence-corrected chi connectivity index (χ3v) is 5.64. The SMILES string of the molecule is Cc1nscc1C(=O)NC[C@]1(Cc2ccc(F)cc2)CCC[C@@H]1O. The molecule has 2 N–H and O–H groups in total. The molecule has 4 nitrogen and oxygen atoms in total. The Kier molecular flexibility index (Phi) is 4.96. The summed E-state index contributed by atoms with van der Waals surface area (Å²) in [7, 11) is 0. The van der Waals surface area contributed by atoms with E-state index in [-0.39, 0.29) is 11.7 Å². The van der Waals surface area contributed by atoms with Crippen LogP contribution in [0.5, 0.6) is 0 Å². The molecule has 1 amide bonds. The molecule has 0 radical (unpaired) electrons. The van der Waals surface area contributed by atoms with Crippen molar-refractivity contribution in [3.8, 4) is 0 Å². The van der Waals surface area contributed by atoms with E-state index in [0.717, 1.165) is 30.5 Å². The first-order valence-electron chi connectivity index (χ1n) is 8.12. The van der Waals surface area contributed by atoms with Gasteiger partial charge in [0.15, 0.2) is 0 Å². The molecular formula is C18H21FN2O2S. The van der Waals surface area contributed by atoms with E-state index in [1.165, 1.54) is 23.7 Å². The maximum Gasteiger partial charge on any atom is 0.254 e. The topological polar surface area (TPSA) is 62.2 Å². The van der Waals surface area contributed by atoms with E-state index in [0.29, 0.717) is 18.5 Å². The van der Waals surface area contributed by atoms with E-state index >= 15 is 0 Å². The van der Waals surface area contributed by atoms with Gasteiger partial charge in [-0.1, -0.05) is 18.6 Å². The summed E-state index contributed by atoms with van der Waals surface area (Å²) in [4.78, 5) is 12.4. The van der Waals surface area contributed by atoms with E-state index in [1.54, 1.807) is 17.5 Å². The molecule has 128 valence electrons. The lowest BCUT2D eigenvalue weighted by molar-refractivity contribution is 0.0500. The number of nitrogens with zero attached hydrogens (tertiary/aromatic N) is 1. The maximum atomic E-state index is 13.1. The first-order chi connectivity index (χ1) is 11.5. The predicted octanol–water partition coefficient (Wildman–Crippen LogP) is 3.09. The summed E-state index contributed by atoms with van der Waals surface area (Å²) >= 11 is 1.26. The first kappa shape index (κ1) is 17.0. The Morgan fingerprint density at radius 2 is 2.21 bits per heavy atom. The fraction of sp³-hybridized carbons (Fsp3) is 0.444. The van der Waals surface area contributed by atoms with Crippen LogP contribution in [0, 0.1) is 18.2 Å². The molecular weight excluding hydrogens is 327 g/mol. The number of aryl methyl sites for hydroxylation is 1. The van der Waals surface area contributed by atoms with Crippen LogP contribution < -0.4 is 5.32 Å². The normalized spacial score (nSPS) is 23.4. The van der Waals surface area contributed by atoms with Gasteiger partial charge < -0.3 is 10.4 Å². The van der Waals surface area contributed by atoms with Crippen molar-refractivity contribution in [2.75, 3.05) is 6.54 Å². The van der Waals surface area contributed by atoms with Crippen LogP contribution in [0.4, 0.5) is 4.39 Å². The summed E-state index contributed by atoms with van der Waals surface area (Å²) in [5.74, 6) is -0.424. The quantitative estimate of drug-likeness (QED) is 0.873. The number of hydrogen-bond acceptors (Lipinski definition) is 4. The van der Waals surface area contributed by atoms with E-state index in [4.69, 9.17) is 0 Å². The summed E-state index contributed by atoms with van der Waals surface area (Å²) in [6.07, 6.45) is 2.65. The predicted molar refractivity (Wildman–Crippen MR) is 91.6 cm³/mol. The fourth-order valence-corrected chi connectivity index (χ4v) is 4.16. The van der Waals surface area contributed by atoms with Crippen LogP contribution in [0.3, 0.4) is 0 Å². The Morgan fingerprint density at radius 3 is 2.79 bits per heavy atom. The molecule has 1 saturated carbocycles. The molecule has 0 aliphatic heterocycles. The number of aliphatic hydroxyl groups is 1.